The Bertz CT molecular complexity index is 556. The predicted molar refractivity (Wildman–Crippen MR) is 80.5 cm³/mol. The van der Waals surface area contributed by atoms with E-state index in [1.165, 1.54) is 6.92 Å². The van der Waals surface area contributed by atoms with Gasteiger partial charge in [-0.1, -0.05) is 18.2 Å². The Labute approximate surface area is 119 Å². The number of para-hydroxylation sites is 1. The van der Waals surface area contributed by atoms with Crippen molar-refractivity contribution < 1.29 is 9.90 Å². The van der Waals surface area contributed by atoms with Crippen molar-refractivity contribution in [2.24, 2.45) is 0 Å². The van der Waals surface area contributed by atoms with Gasteiger partial charge in [0.25, 0.3) is 0 Å². The third kappa shape index (κ3) is 3.39. The summed E-state index contributed by atoms with van der Waals surface area (Å²) < 4.78 is 0. The maximum atomic E-state index is 11.5. The molecule has 0 saturated heterocycles. The minimum atomic E-state index is -0.561. The van der Waals surface area contributed by atoms with E-state index in [0.29, 0.717) is 13.0 Å². The van der Waals surface area contributed by atoms with E-state index in [1.54, 1.807) is 4.90 Å². The molecule has 0 aliphatic heterocycles. The maximum absolute atomic E-state index is 11.5. The summed E-state index contributed by atoms with van der Waals surface area (Å²) in [7, 11) is 0. The molecule has 108 valence electrons. The third-order valence-corrected chi connectivity index (χ3v) is 3.48. The number of aliphatic hydroxyl groups is 1. The van der Waals surface area contributed by atoms with E-state index in [0.717, 1.165) is 16.6 Å². The van der Waals surface area contributed by atoms with Gasteiger partial charge in [0, 0.05) is 37.1 Å². The first-order valence-electron chi connectivity index (χ1n) is 6.99. The highest BCUT2D eigenvalue weighted by Gasteiger charge is 2.18. The number of carbonyl (C=O) groups is 1. The molecule has 20 heavy (non-hydrogen) atoms. The fourth-order valence-corrected chi connectivity index (χ4v) is 2.49. The van der Waals surface area contributed by atoms with Crippen LogP contribution in [-0.4, -0.2) is 39.6 Å². The lowest BCUT2D eigenvalue weighted by Crippen LogP contribution is -2.41. The quantitative estimate of drug-likeness (QED) is 0.879. The Morgan fingerprint density at radius 3 is 2.65 bits per heavy atom. The Kier molecular flexibility index (Phi) is 4.45. The minimum absolute atomic E-state index is 0.00398. The van der Waals surface area contributed by atoms with Crippen molar-refractivity contribution in [2.45, 2.75) is 39.3 Å². The zero-order chi connectivity index (χ0) is 14.7. The van der Waals surface area contributed by atoms with Gasteiger partial charge in [0.15, 0.2) is 0 Å². The van der Waals surface area contributed by atoms with Crippen LogP contribution in [-0.2, 0) is 11.2 Å². The zero-order valence-electron chi connectivity index (χ0n) is 12.3. The molecule has 1 atom stereocenters. The van der Waals surface area contributed by atoms with Crippen molar-refractivity contribution in [1.82, 2.24) is 9.88 Å². The molecule has 2 rings (SSSR count). The molecule has 0 saturated carbocycles. The molecule has 2 N–H and O–H groups in total. The number of hydrogen-bond acceptors (Lipinski definition) is 2. The average Bonchev–Trinajstić information content (AvgIpc) is 2.77. The number of aromatic nitrogens is 1. The first-order chi connectivity index (χ1) is 9.47. The molecule has 0 fully saturated rings. The van der Waals surface area contributed by atoms with Crippen LogP contribution in [0.25, 0.3) is 10.9 Å². The molecule has 1 amide bonds. The highest BCUT2D eigenvalue weighted by atomic mass is 16.3. The second-order valence-corrected chi connectivity index (χ2v) is 5.50. The Balaban J connectivity index is 2.03. The van der Waals surface area contributed by atoms with E-state index < -0.39 is 6.10 Å². The molecule has 4 heteroatoms. The second kappa shape index (κ2) is 6.09. The van der Waals surface area contributed by atoms with Gasteiger partial charge in [0.1, 0.15) is 0 Å². The van der Waals surface area contributed by atoms with Gasteiger partial charge < -0.3 is 15.0 Å². The molecule has 1 aromatic heterocycles. The van der Waals surface area contributed by atoms with Crippen molar-refractivity contribution in [3.8, 4) is 0 Å². The smallest absolute Gasteiger partial charge is 0.219 e. The van der Waals surface area contributed by atoms with Crippen LogP contribution >= 0.6 is 0 Å². The first kappa shape index (κ1) is 14.6. The largest absolute Gasteiger partial charge is 0.391 e. The van der Waals surface area contributed by atoms with Crippen LogP contribution in [0.4, 0.5) is 0 Å². The number of rotatable bonds is 5. The van der Waals surface area contributed by atoms with Gasteiger partial charge in [-0.15, -0.1) is 0 Å². The lowest BCUT2D eigenvalue weighted by atomic mass is 10.1. The zero-order valence-corrected chi connectivity index (χ0v) is 12.3. The molecule has 1 aromatic carbocycles. The fourth-order valence-electron chi connectivity index (χ4n) is 2.49. The highest BCUT2D eigenvalue weighted by Crippen LogP contribution is 2.16. The average molecular weight is 274 g/mol. The van der Waals surface area contributed by atoms with E-state index in [-0.39, 0.29) is 11.9 Å². The van der Waals surface area contributed by atoms with Crippen molar-refractivity contribution in [1.29, 1.82) is 0 Å². The third-order valence-electron chi connectivity index (χ3n) is 3.48. The number of hydrogen-bond donors (Lipinski definition) is 2. The summed E-state index contributed by atoms with van der Waals surface area (Å²) in [6.45, 7) is 5.81. The van der Waals surface area contributed by atoms with Gasteiger partial charge in [-0.2, -0.15) is 0 Å². The number of nitrogens with one attached hydrogen (secondary N) is 1. The second-order valence-electron chi connectivity index (χ2n) is 5.50. The maximum Gasteiger partial charge on any atom is 0.219 e. The number of benzene rings is 1. The molecular formula is C16H22N2O2. The summed E-state index contributed by atoms with van der Waals surface area (Å²) in [5.74, 6) is -0.00398. The molecule has 0 radical (unpaired) electrons. The summed E-state index contributed by atoms with van der Waals surface area (Å²) in [6, 6.07) is 10.2. The van der Waals surface area contributed by atoms with Gasteiger partial charge in [0.05, 0.1) is 6.10 Å². The van der Waals surface area contributed by atoms with Crippen molar-refractivity contribution >= 4 is 16.8 Å². The molecule has 0 unspecified atom stereocenters. The molecule has 0 spiro atoms. The molecular weight excluding hydrogens is 252 g/mol. The van der Waals surface area contributed by atoms with E-state index >= 15 is 0 Å². The van der Waals surface area contributed by atoms with Crippen LogP contribution in [0.3, 0.4) is 0 Å². The Hall–Kier alpha value is -1.81. The molecule has 0 aliphatic carbocycles. The van der Waals surface area contributed by atoms with Crippen LogP contribution < -0.4 is 0 Å². The van der Waals surface area contributed by atoms with Gasteiger partial charge in [-0.3, -0.25) is 4.79 Å². The molecule has 4 nitrogen and oxygen atoms in total. The number of carbonyl (C=O) groups excluding carboxylic acids is 1. The van der Waals surface area contributed by atoms with Gasteiger partial charge in [-0.05, 0) is 31.4 Å². The van der Waals surface area contributed by atoms with Crippen LogP contribution in [0.2, 0.25) is 0 Å². The summed E-state index contributed by atoms with van der Waals surface area (Å²) in [5.41, 5.74) is 2.06. The number of amides is 1. The van der Waals surface area contributed by atoms with E-state index in [2.05, 4.69) is 4.98 Å². The first-order valence-corrected chi connectivity index (χ1v) is 6.99. The van der Waals surface area contributed by atoms with Crippen LogP contribution in [0.5, 0.6) is 0 Å². The number of aromatic amines is 1. The van der Waals surface area contributed by atoms with Crippen molar-refractivity contribution in [2.75, 3.05) is 6.54 Å². The topological polar surface area (TPSA) is 56.3 Å². The number of fused-ring (bicyclic) bond motifs is 1. The standard InChI is InChI=1S/C16H22N2O2/c1-11(2)18(12(3)19)10-15(20)9-14-8-13-6-4-5-7-16(13)17-14/h4-8,11,15,17,20H,9-10H2,1-3H3/t15-/m1/s1. The number of H-pyrrole nitrogens is 1. The van der Waals surface area contributed by atoms with E-state index in [1.807, 2.05) is 44.2 Å². The lowest BCUT2D eigenvalue weighted by molar-refractivity contribution is -0.132. The molecule has 2 aromatic rings. The van der Waals surface area contributed by atoms with Crippen molar-refractivity contribution in [3.05, 3.63) is 36.0 Å². The van der Waals surface area contributed by atoms with Crippen LogP contribution in [0, 0.1) is 0 Å². The van der Waals surface area contributed by atoms with E-state index in [4.69, 9.17) is 0 Å². The summed E-state index contributed by atoms with van der Waals surface area (Å²) in [6.07, 6.45) is -0.0417. The summed E-state index contributed by atoms with van der Waals surface area (Å²) >= 11 is 0. The van der Waals surface area contributed by atoms with Gasteiger partial charge >= 0.3 is 0 Å². The summed E-state index contributed by atoms with van der Waals surface area (Å²) in [5, 5.41) is 11.3. The van der Waals surface area contributed by atoms with Gasteiger partial charge in [0.2, 0.25) is 5.91 Å². The van der Waals surface area contributed by atoms with E-state index in [9.17, 15) is 9.90 Å². The molecule has 1 heterocycles. The number of nitrogens with zero attached hydrogens (tertiary/aromatic N) is 1. The van der Waals surface area contributed by atoms with Crippen LogP contribution in [0.15, 0.2) is 30.3 Å². The van der Waals surface area contributed by atoms with Crippen LogP contribution in [0.1, 0.15) is 26.5 Å². The van der Waals surface area contributed by atoms with Crippen molar-refractivity contribution in [3.63, 3.8) is 0 Å². The molecule has 0 aliphatic rings. The predicted octanol–water partition coefficient (Wildman–Crippen LogP) is 2.33. The normalized spacial score (nSPS) is 12.8. The highest BCUT2D eigenvalue weighted by molar-refractivity contribution is 5.80. The summed E-state index contributed by atoms with van der Waals surface area (Å²) in [4.78, 5) is 16.5. The number of aliphatic hydroxyl groups excluding tert-OH is 1. The SMILES string of the molecule is CC(=O)N(C[C@H](O)Cc1cc2ccccc2[nH]1)C(C)C. The Morgan fingerprint density at radius 2 is 2.05 bits per heavy atom. The molecule has 0 bridgehead atoms. The van der Waals surface area contributed by atoms with Gasteiger partial charge in [-0.25, -0.2) is 0 Å². The minimum Gasteiger partial charge on any atom is -0.391 e. The fraction of sp³-hybridized carbons (Fsp3) is 0.438. The lowest BCUT2D eigenvalue weighted by Gasteiger charge is -2.27. The monoisotopic (exact) mass is 274 g/mol. The Morgan fingerprint density at radius 1 is 1.35 bits per heavy atom.